The maximum Gasteiger partial charge on any atom is 0.257 e. The van der Waals surface area contributed by atoms with Crippen LogP contribution in [0.15, 0.2) is 36.7 Å². The Labute approximate surface area is 152 Å². The standard InChI is InChI=1S/C20H24N4O2/c1-12(2)24-18-13(11-22-24)8-14(10-21-18)19(26)23-16-9-15(20(3,4)5)6-7-17(16)25/h6-12,25H,1-5H3,(H,23,26). The van der Waals surface area contributed by atoms with Crippen molar-refractivity contribution in [1.82, 2.24) is 14.8 Å². The quantitative estimate of drug-likeness (QED) is 0.690. The molecule has 1 amide bonds. The van der Waals surface area contributed by atoms with Gasteiger partial charge in [-0.05, 0) is 43.0 Å². The van der Waals surface area contributed by atoms with Crippen LogP contribution in [0.2, 0.25) is 0 Å². The first-order chi connectivity index (χ1) is 12.2. The lowest BCUT2D eigenvalue weighted by Crippen LogP contribution is -2.15. The van der Waals surface area contributed by atoms with Crippen LogP contribution < -0.4 is 5.32 Å². The molecule has 3 rings (SSSR count). The van der Waals surface area contributed by atoms with Crippen molar-refractivity contribution in [3.8, 4) is 5.75 Å². The number of phenolic OH excluding ortho intramolecular Hbond substituents is 1. The van der Waals surface area contributed by atoms with E-state index in [2.05, 4.69) is 36.2 Å². The molecule has 0 radical (unpaired) electrons. The fourth-order valence-corrected chi connectivity index (χ4v) is 2.74. The zero-order valence-corrected chi connectivity index (χ0v) is 15.7. The van der Waals surface area contributed by atoms with E-state index in [9.17, 15) is 9.90 Å². The maximum atomic E-state index is 12.6. The number of nitrogens with zero attached hydrogens (tertiary/aromatic N) is 3. The minimum atomic E-state index is -0.321. The van der Waals surface area contributed by atoms with Crippen molar-refractivity contribution < 1.29 is 9.90 Å². The van der Waals surface area contributed by atoms with E-state index in [0.717, 1.165) is 16.6 Å². The Morgan fingerprint density at radius 1 is 1.19 bits per heavy atom. The molecule has 1 aromatic carbocycles. The van der Waals surface area contributed by atoms with Crippen molar-refractivity contribution in [3.05, 3.63) is 47.8 Å². The normalized spacial score (nSPS) is 11.9. The van der Waals surface area contributed by atoms with Crippen LogP contribution in [0.5, 0.6) is 5.75 Å². The second-order valence-corrected chi connectivity index (χ2v) is 7.76. The summed E-state index contributed by atoms with van der Waals surface area (Å²) in [5, 5.41) is 18.0. The van der Waals surface area contributed by atoms with Crippen LogP contribution in [0.3, 0.4) is 0 Å². The van der Waals surface area contributed by atoms with Gasteiger partial charge in [0.15, 0.2) is 5.65 Å². The average Bonchev–Trinajstić information content (AvgIpc) is 2.99. The fourth-order valence-electron chi connectivity index (χ4n) is 2.74. The van der Waals surface area contributed by atoms with Crippen molar-refractivity contribution >= 4 is 22.6 Å². The van der Waals surface area contributed by atoms with Crippen molar-refractivity contribution in [2.75, 3.05) is 5.32 Å². The minimum Gasteiger partial charge on any atom is -0.506 e. The van der Waals surface area contributed by atoms with Gasteiger partial charge in [-0.3, -0.25) is 4.79 Å². The van der Waals surface area contributed by atoms with Gasteiger partial charge in [0.1, 0.15) is 5.75 Å². The lowest BCUT2D eigenvalue weighted by molar-refractivity contribution is 0.102. The monoisotopic (exact) mass is 352 g/mol. The topological polar surface area (TPSA) is 80.0 Å². The van der Waals surface area contributed by atoms with Gasteiger partial charge in [0.05, 0.1) is 17.4 Å². The molecular weight excluding hydrogens is 328 g/mol. The molecule has 2 aromatic heterocycles. The highest BCUT2D eigenvalue weighted by Crippen LogP contribution is 2.31. The number of phenols is 1. The number of carbonyl (C=O) groups excluding carboxylic acids is 1. The molecule has 2 N–H and O–H groups in total. The highest BCUT2D eigenvalue weighted by Gasteiger charge is 2.17. The lowest BCUT2D eigenvalue weighted by Gasteiger charge is -2.20. The molecule has 0 atom stereocenters. The van der Waals surface area contributed by atoms with Gasteiger partial charge in [-0.1, -0.05) is 26.8 Å². The Bertz CT molecular complexity index is 968. The Morgan fingerprint density at radius 2 is 1.92 bits per heavy atom. The van der Waals surface area contributed by atoms with Crippen molar-refractivity contribution in [2.24, 2.45) is 0 Å². The number of rotatable bonds is 3. The molecular formula is C20H24N4O2. The highest BCUT2D eigenvalue weighted by molar-refractivity contribution is 6.06. The Kier molecular flexibility index (Phi) is 4.44. The Hall–Kier alpha value is -2.89. The van der Waals surface area contributed by atoms with Crippen molar-refractivity contribution in [3.63, 3.8) is 0 Å². The molecule has 3 aromatic rings. The fraction of sp³-hybridized carbons (Fsp3) is 0.350. The largest absolute Gasteiger partial charge is 0.506 e. The SMILES string of the molecule is CC(C)n1ncc2cc(C(=O)Nc3cc(C(C)(C)C)ccc3O)cnc21. The molecule has 0 unspecified atom stereocenters. The number of benzene rings is 1. The third-order valence-electron chi connectivity index (χ3n) is 4.30. The molecule has 0 bridgehead atoms. The zero-order valence-electron chi connectivity index (χ0n) is 15.7. The first-order valence-corrected chi connectivity index (χ1v) is 8.65. The summed E-state index contributed by atoms with van der Waals surface area (Å²) in [4.78, 5) is 17.0. The molecule has 0 aliphatic heterocycles. The Balaban J connectivity index is 1.90. The van der Waals surface area contributed by atoms with Gasteiger partial charge < -0.3 is 10.4 Å². The number of aromatic nitrogens is 3. The summed E-state index contributed by atoms with van der Waals surface area (Å²) in [5.41, 5.74) is 2.49. The van der Waals surface area contributed by atoms with Crippen LogP contribution >= 0.6 is 0 Å². The van der Waals surface area contributed by atoms with E-state index in [1.807, 2.05) is 24.6 Å². The van der Waals surface area contributed by atoms with Gasteiger partial charge in [0.2, 0.25) is 0 Å². The average molecular weight is 352 g/mol. The molecule has 0 spiro atoms. The van der Waals surface area contributed by atoms with Gasteiger partial charge in [-0.15, -0.1) is 0 Å². The van der Waals surface area contributed by atoms with Crippen LogP contribution in [-0.2, 0) is 5.41 Å². The van der Waals surface area contributed by atoms with Gasteiger partial charge in [-0.2, -0.15) is 5.10 Å². The van der Waals surface area contributed by atoms with Crippen molar-refractivity contribution in [2.45, 2.75) is 46.1 Å². The molecule has 0 saturated carbocycles. The first-order valence-electron chi connectivity index (χ1n) is 8.65. The van der Waals surface area contributed by atoms with E-state index >= 15 is 0 Å². The molecule has 2 heterocycles. The second-order valence-electron chi connectivity index (χ2n) is 7.76. The summed E-state index contributed by atoms with van der Waals surface area (Å²) in [7, 11) is 0. The summed E-state index contributed by atoms with van der Waals surface area (Å²) < 4.78 is 1.82. The van der Waals surface area contributed by atoms with E-state index in [1.165, 1.54) is 6.20 Å². The molecule has 0 saturated heterocycles. The molecule has 136 valence electrons. The molecule has 0 fully saturated rings. The zero-order chi connectivity index (χ0) is 19.1. The maximum absolute atomic E-state index is 12.6. The van der Waals surface area contributed by atoms with Gasteiger partial charge in [0, 0.05) is 17.6 Å². The number of anilines is 1. The second kappa shape index (κ2) is 6.44. The number of hydrogen-bond donors (Lipinski definition) is 2. The Morgan fingerprint density at radius 3 is 2.58 bits per heavy atom. The van der Waals surface area contributed by atoms with Crippen LogP contribution in [0.25, 0.3) is 11.0 Å². The molecule has 6 nitrogen and oxygen atoms in total. The molecule has 0 aliphatic carbocycles. The van der Waals surface area contributed by atoms with Crippen LogP contribution in [0.1, 0.15) is 56.6 Å². The number of carbonyl (C=O) groups is 1. The van der Waals surface area contributed by atoms with Gasteiger partial charge in [0.25, 0.3) is 5.91 Å². The summed E-state index contributed by atoms with van der Waals surface area (Å²) in [5.74, 6) is -0.286. The third kappa shape index (κ3) is 3.40. The lowest BCUT2D eigenvalue weighted by atomic mass is 9.87. The number of nitrogens with one attached hydrogen (secondary N) is 1. The summed E-state index contributed by atoms with van der Waals surface area (Å²) in [6.45, 7) is 10.3. The van der Waals surface area contributed by atoms with Crippen LogP contribution in [-0.4, -0.2) is 25.8 Å². The molecule has 6 heteroatoms. The number of fused-ring (bicyclic) bond motifs is 1. The predicted molar refractivity (Wildman–Crippen MR) is 103 cm³/mol. The van der Waals surface area contributed by atoms with E-state index < -0.39 is 0 Å². The third-order valence-corrected chi connectivity index (χ3v) is 4.30. The van der Waals surface area contributed by atoms with Crippen LogP contribution in [0, 0.1) is 0 Å². The van der Waals surface area contributed by atoms with Gasteiger partial charge in [-0.25, -0.2) is 9.67 Å². The van der Waals surface area contributed by atoms with Crippen LogP contribution in [0.4, 0.5) is 5.69 Å². The summed E-state index contributed by atoms with van der Waals surface area (Å²) in [6.07, 6.45) is 3.24. The summed E-state index contributed by atoms with van der Waals surface area (Å²) in [6, 6.07) is 7.21. The molecule has 26 heavy (non-hydrogen) atoms. The molecule has 0 aliphatic rings. The predicted octanol–water partition coefficient (Wildman–Crippen LogP) is 4.27. The number of pyridine rings is 1. The van der Waals surface area contributed by atoms with E-state index in [1.54, 1.807) is 24.4 Å². The minimum absolute atomic E-state index is 0.0352. The van der Waals surface area contributed by atoms with E-state index in [0.29, 0.717) is 11.3 Å². The summed E-state index contributed by atoms with van der Waals surface area (Å²) >= 11 is 0. The van der Waals surface area contributed by atoms with Crippen molar-refractivity contribution in [1.29, 1.82) is 0 Å². The first kappa shape index (κ1) is 17.9. The smallest absolute Gasteiger partial charge is 0.257 e. The van der Waals surface area contributed by atoms with Gasteiger partial charge >= 0.3 is 0 Å². The van der Waals surface area contributed by atoms with E-state index in [4.69, 9.17) is 0 Å². The number of hydrogen-bond acceptors (Lipinski definition) is 4. The number of aromatic hydroxyl groups is 1. The highest BCUT2D eigenvalue weighted by atomic mass is 16.3. The van der Waals surface area contributed by atoms with E-state index in [-0.39, 0.29) is 23.1 Å². The number of amides is 1.